The number of rotatable bonds is 3. The van der Waals surface area contributed by atoms with Gasteiger partial charge in [-0.05, 0) is 31.4 Å². The van der Waals surface area contributed by atoms with Gasteiger partial charge in [0.15, 0.2) is 11.5 Å². The van der Waals surface area contributed by atoms with E-state index in [2.05, 4.69) is 13.1 Å². The van der Waals surface area contributed by atoms with Crippen LogP contribution in [0.3, 0.4) is 0 Å². The summed E-state index contributed by atoms with van der Waals surface area (Å²) in [6.07, 6.45) is 3.40. The van der Waals surface area contributed by atoms with Crippen LogP contribution in [0.25, 0.3) is 0 Å². The Hall–Kier alpha value is -1.30. The molecule has 2 aliphatic heterocycles. The number of nitrogens with one attached hydrogen (secondary N) is 1. The monoisotopic (exact) mass is 346 g/mol. The van der Waals surface area contributed by atoms with Crippen molar-refractivity contribution in [2.75, 3.05) is 27.3 Å². The van der Waals surface area contributed by atoms with Gasteiger partial charge in [0.25, 0.3) is 0 Å². The number of benzene rings is 1. The molecule has 1 saturated heterocycles. The van der Waals surface area contributed by atoms with Crippen LogP contribution in [-0.4, -0.2) is 56.3 Å². The number of hydrogen-bond acceptors (Lipinski definition) is 4. The molecule has 2 heterocycles. The van der Waals surface area contributed by atoms with Crippen LogP contribution in [0.5, 0.6) is 11.5 Å². The molecule has 2 fully saturated rings. The predicted molar refractivity (Wildman–Crippen MR) is 92.5 cm³/mol. The number of likely N-dealkylation sites (N-methyl/N-ethyl adjacent to an activating group) is 1. The van der Waals surface area contributed by atoms with Crippen molar-refractivity contribution in [3.05, 3.63) is 23.3 Å². The Kier molecular flexibility index (Phi) is 3.26. The van der Waals surface area contributed by atoms with Crippen LogP contribution in [0.15, 0.2) is 12.1 Å². The maximum Gasteiger partial charge on any atom is 0.166 e. The summed E-state index contributed by atoms with van der Waals surface area (Å²) in [5, 5.41) is 12.0. The molecule has 136 valence electrons. The molecule has 4 aliphatic rings. The standard InChI is InChI=1S/C20H27NO4/c1-4-24-14-7-8-20(22)15-11-12-5-6-13(23-3)17-16(12)19(20,18(14)25-17)9-10-21(15)2/h5-6,14-15,18,22H,4,7-11H2,1-3H3/p+1/t14-,15?,18?,19-,20+/m0/s1. The first-order valence-corrected chi connectivity index (χ1v) is 9.60. The van der Waals surface area contributed by atoms with E-state index in [0.717, 1.165) is 43.7 Å². The van der Waals surface area contributed by atoms with Crippen LogP contribution in [0.1, 0.15) is 37.3 Å². The highest BCUT2D eigenvalue weighted by Crippen LogP contribution is 2.63. The molecular formula is C20H28NO4+. The van der Waals surface area contributed by atoms with E-state index in [1.807, 2.05) is 13.0 Å². The van der Waals surface area contributed by atoms with E-state index < -0.39 is 5.60 Å². The maximum atomic E-state index is 12.0. The van der Waals surface area contributed by atoms with Crippen molar-refractivity contribution in [2.24, 2.45) is 0 Å². The van der Waals surface area contributed by atoms with E-state index in [4.69, 9.17) is 14.2 Å². The summed E-state index contributed by atoms with van der Waals surface area (Å²) < 4.78 is 18.2. The molecule has 3 unspecified atom stereocenters. The number of likely N-dealkylation sites (tertiary alicyclic amines) is 1. The van der Waals surface area contributed by atoms with Crippen molar-refractivity contribution in [1.82, 2.24) is 0 Å². The molecule has 5 heteroatoms. The summed E-state index contributed by atoms with van der Waals surface area (Å²) in [7, 11) is 3.92. The Labute approximate surface area is 148 Å². The summed E-state index contributed by atoms with van der Waals surface area (Å²) in [6, 6.07) is 4.43. The van der Waals surface area contributed by atoms with Crippen molar-refractivity contribution in [3.8, 4) is 11.5 Å². The molecule has 5 rings (SSSR count). The van der Waals surface area contributed by atoms with E-state index in [-0.39, 0.29) is 23.7 Å². The molecule has 2 aliphatic carbocycles. The summed E-state index contributed by atoms with van der Waals surface area (Å²) in [5.41, 5.74) is 1.46. The second kappa shape index (κ2) is 5.12. The van der Waals surface area contributed by atoms with E-state index >= 15 is 0 Å². The second-order valence-electron chi connectivity index (χ2n) is 8.20. The first-order chi connectivity index (χ1) is 12.1. The molecular weight excluding hydrogens is 318 g/mol. The number of aliphatic hydroxyl groups is 1. The van der Waals surface area contributed by atoms with Gasteiger partial charge in [-0.3, -0.25) is 0 Å². The SMILES string of the molecule is CCO[C@H]1CC[C@@]2(O)C3Cc4ccc(OC)c5c4[C@@]2(CC[NH+]3C)C1O5. The molecule has 1 spiro atoms. The fourth-order valence-electron chi connectivity index (χ4n) is 6.40. The van der Waals surface area contributed by atoms with Gasteiger partial charge >= 0.3 is 0 Å². The largest absolute Gasteiger partial charge is 0.493 e. The molecule has 2 N–H and O–H groups in total. The molecule has 0 radical (unpaired) electrons. The van der Waals surface area contributed by atoms with Crippen LogP contribution in [-0.2, 0) is 16.6 Å². The first-order valence-electron chi connectivity index (χ1n) is 9.60. The highest BCUT2D eigenvalue weighted by atomic mass is 16.6. The van der Waals surface area contributed by atoms with E-state index in [0.29, 0.717) is 6.61 Å². The normalized spacial score (nSPS) is 43.4. The lowest BCUT2D eigenvalue weighted by Gasteiger charge is -2.61. The second-order valence-corrected chi connectivity index (χ2v) is 8.20. The lowest BCUT2D eigenvalue weighted by atomic mass is 9.48. The Balaban J connectivity index is 1.77. The van der Waals surface area contributed by atoms with Gasteiger partial charge in [-0.25, -0.2) is 0 Å². The van der Waals surface area contributed by atoms with Crippen molar-refractivity contribution >= 4 is 0 Å². The Morgan fingerprint density at radius 2 is 2.20 bits per heavy atom. The third kappa shape index (κ3) is 1.70. The molecule has 1 saturated carbocycles. The predicted octanol–water partition coefficient (Wildman–Crippen LogP) is 0.467. The van der Waals surface area contributed by atoms with Crippen molar-refractivity contribution in [2.45, 2.75) is 61.9 Å². The third-order valence-corrected chi connectivity index (χ3v) is 7.41. The zero-order chi connectivity index (χ0) is 17.4. The number of hydrogen-bond donors (Lipinski definition) is 2. The average Bonchev–Trinajstić information content (AvgIpc) is 2.96. The first kappa shape index (κ1) is 15.9. The summed E-state index contributed by atoms with van der Waals surface area (Å²) in [5.74, 6) is 1.64. The van der Waals surface area contributed by atoms with Gasteiger partial charge in [0.1, 0.15) is 17.7 Å². The maximum absolute atomic E-state index is 12.0. The minimum atomic E-state index is -0.724. The number of quaternary nitrogens is 1. The van der Waals surface area contributed by atoms with Gasteiger partial charge in [-0.15, -0.1) is 0 Å². The molecule has 0 aromatic heterocycles. The topological polar surface area (TPSA) is 52.4 Å². The van der Waals surface area contributed by atoms with Crippen LogP contribution < -0.4 is 14.4 Å². The quantitative estimate of drug-likeness (QED) is 0.835. The Bertz CT molecular complexity index is 722. The molecule has 1 aromatic carbocycles. The fraction of sp³-hybridized carbons (Fsp3) is 0.700. The molecule has 6 atom stereocenters. The fourth-order valence-corrected chi connectivity index (χ4v) is 6.40. The molecule has 5 nitrogen and oxygen atoms in total. The highest BCUT2D eigenvalue weighted by Gasteiger charge is 2.74. The molecule has 25 heavy (non-hydrogen) atoms. The molecule has 1 aromatic rings. The van der Waals surface area contributed by atoms with Gasteiger partial charge in [0.2, 0.25) is 0 Å². The summed E-state index contributed by atoms with van der Waals surface area (Å²) in [4.78, 5) is 1.44. The Morgan fingerprint density at radius 3 is 2.96 bits per heavy atom. The minimum Gasteiger partial charge on any atom is -0.493 e. The van der Waals surface area contributed by atoms with E-state index in [9.17, 15) is 5.11 Å². The summed E-state index contributed by atoms with van der Waals surface area (Å²) >= 11 is 0. The zero-order valence-corrected chi connectivity index (χ0v) is 15.3. The lowest BCUT2D eigenvalue weighted by Crippen LogP contribution is -3.19. The number of methoxy groups -OCH3 is 1. The van der Waals surface area contributed by atoms with Gasteiger partial charge in [0.05, 0.1) is 32.2 Å². The van der Waals surface area contributed by atoms with Crippen molar-refractivity contribution in [1.29, 1.82) is 0 Å². The highest BCUT2D eigenvalue weighted by molar-refractivity contribution is 5.62. The number of ether oxygens (including phenoxy) is 3. The van der Waals surface area contributed by atoms with E-state index in [1.54, 1.807) is 7.11 Å². The average molecular weight is 346 g/mol. The van der Waals surface area contributed by atoms with Gasteiger partial charge < -0.3 is 24.2 Å². The van der Waals surface area contributed by atoms with Crippen molar-refractivity contribution < 1.29 is 24.2 Å². The van der Waals surface area contributed by atoms with Gasteiger partial charge in [0, 0.05) is 25.0 Å². The van der Waals surface area contributed by atoms with E-state index in [1.165, 1.54) is 16.0 Å². The van der Waals surface area contributed by atoms with Crippen LogP contribution >= 0.6 is 0 Å². The Morgan fingerprint density at radius 1 is 1.36 bits per heavy atom. The molecule has 2 bridgehead atoms. The van der Waals surface area contributed by atoms with Gasteiger partial charge in [-0.2, -0.15) is 0 Å². The summed E-state index contributed by atoms with van der Waals surface area (Å²) in [6.45, 7) is 3.77. The lowest BCUT2D eigenvalue weighted by molar-refractivity contribution is -0.924. The van der Waals surface area contributed by atoms with Crippen LogP contribution in [0.4, 0.5) is 0 Å². The minimum absolute atomic E-state index is 0.0346. The van der Waals surface area contributed by atoms with Crippen molar-refractivity contribution in [3.63, 3.8) is 0 Å². The van der Waals surface area contributed by atoms with Crippen LogP contribution in [0, 0.1) is 0 Å². The number of piperidine rings is 1. The smallest absolute Gasteiger partial charge is 0.166 e. The van der Waals surface area contributed by atoms with Crippen LogP contribution in [0.2, 0.25) is 0 Å². The van der Waals surface area contributed by atoms with Gasteiger partial charge in [-0.1, -0.05) is 6.07 Å². The third-order valence-electron chi connectivity index (χ3n) is 7.41. The molecule has 0 amide bonds. The zero-order valence-electron chi connectivity index (χ0n) is 15.3.